The van der Waals surface area contributed by atoms with E-state index in [0.717, 1.165) is 12.5 Å². The highest BCUT2D eigenvalue weighted by atomic mass is 19.2. The van der Waals surface area contributed by atoms with Crippen LogP contribution < -0.4 is 0 Å². The number of benzene rings is 1. The average molecular weight is 223 g/mol. The van der Waals surface area contributed by atoms with Gasteiger partial charge in [0.25, 0.3) is 0 Å². The van der Waals surface area contributed by atoms with Gasteiger partial charge in [0.05, 0.1) is 11.5 Å². The van der Waals surface area contributed by atoms with Crippen molar-refractivity contribution < 1.29 is 13.9 Å². The Labute approximate surface area is 92.1 Å². The summed E-state index contributed by atoms with van der Waals surface area (Å²) >= 11 is 0. The smallest absolute Gasteiger partial charge is 0.164 e. The molecule has 1 aromatic rings. The number of halogens is 2. The zero-order valence-corrected chi connectivity index (χ0v) is 8.58. The number of aliphatic hydroxyl groups is 1. The van der Waals surface area contributed by atoms with Crippen LogP contribution in [0.5, 0.6) is 0 Å². The predicted molar refractivity (Wildman–Crippen MR) is 53.2 cm³/mol. The van der Waals surface area contributed by atoms with Crippen molar-refractivity contribution in [3.8, 4) is 6.07 Å². The van der Waals surface area contributed by atoms with Gasteiger partial charge in [-0.05, 0) is 18.9 Å². The molecule has 1 aromatic carbocycles. The standard InChI is InChI=1S/C12H11F2NO/c13-9-4-1-3-8(10(9)14)11(16)12(7-15)5-2-6-12/h1,3-4,11,16H,2,5-6H2. The number of aliphatic hydroxyl groups excluding tert-OH is 1. The summed E-state index contributed by atoms with van der Waals surface area (Å²) in [5.74, 6) is -2.06. The van der Waals surface area contributed by atoms with Crippen LogP contribution in [-0.4, -0.2) is 5.11 Å². The monoisotopic (exact) mass is 223 g/mol. The van der Waals surface area contributed by atoms with Crippen LogP contribution in [0.15, 0.2) is 18.2 Å². The Kier molecular flexibility index (Phi) is 2.64. The Morgan fingerprint density at radius 2 is 2.06 bits per heavy atom. The van der Waals surface area contributed by atoms with Crippen LogP contribution in [-0.2, 0) is 0 Å². The van der Waals surface area contributed by atoms with E-state index in [1.54, 1.807) is 0 Å². The zero-order valence-electron chi connectivity index (χ0n) is 8.58. The maximum Gasteiger partial charge on any atom is 0.164 e. The first kappa shape index (κ1) is 11.0. The lowest BCUT2D eigenvalue weighted by atomic mass is 9.64. The molecule has 1 unspecified atom stereocenters. The summed E-state index contributed by atoms with van der Waals surface area (Å²) in [5.41, 5.74) is -1.06. The van der Waals surface area contributed by atoms with Crippen LogP contribution in [0, 0.1) is 28.4 Å². The first-order valence-corrected chi connectivity index (χ1v) is 5.14. The second-order valence-corrected chi connectivity index (χ2v) is 4.17. The molecule has 0 amide bonds. The quantitative estimate of drug-likeness (QED) is 0.837. The zero-order chi connectivity index (χ0) is 11.8. The molecular formula is C12H11F2NO. The van der Waals surface area contributed by atoms with Gasteiger partial charge in [-0.15, -0.1) is 0 Å². The highest BCUT2D eigenvalue weighted by Gasteiger charge is 2.45. The van der Waals surface area contributed by atoms with Crippen LogP contribution in [0.25, 0.3) is 0 Å². The minimum atomic E-state index is -1.25. The fraction of sp³-hybridized carbons (Fsp3) is 0.417. The Balaban J connectivity index is 2.38. The molecule has 0 radical (unpaired) electrons. The van der Waals surface area contributed by atoms with E-state index < -0.39 is 23.2 Å². The molecule has 1 N–H and O–H groups in total. The molecule has 1 fully saturated rings. The third kappa shape index (κ3) is 1.48. The molecule has 1 aliphatic rings. The number of rotatable bonds is 2. The molecule has 2 nitrogen and oxygen atoms in total. The van der Waals surface area contributed by atoms with E-state index in [4.69, 9.17) is 5.26 Å². The lowest BCUT2D eigenvalue weighted by molar-refractivity contribution is 0.00524. The van der Waals surface area contributed by atoms with E-state index in [1.165, 1.54) is 12.1 Å². The van der Waals surface area contributed by atoms with Crippen LogP contribution in [0.4, 0.5) is 8.78 Å². The SMILES string of the molecule is N#CC1(C(O)c2cccc(F)c2F)CCC1. The minimum Gasteiger partial charge on any atom is -0.387 e. The number of nitrogens with zero attached hydrogens (tertiary/aromatic N) is 1. The lowest BCUT2D eigenvalue weighted by Gasteiger charge is -2.39. The van der Waals surface area contributed by atoms with Gasteiger partial charge in [0.1, 0.15) is 6.10 Å². The van der Waals surface area contributed by atoms with E-state index in [0.29, 0.717) is 12.8 Å². The van der Waals surface area contributed by atoms with Gasteiger partial charge in [-0.25, -0.2) is 8.78 Å². The third-order valence-corrected chi connectivity index (χ3v) is 3.27. The topological polar surface area (TPSA) is 44.0 Å². The van der Waals surface area contributed by atoms with Gasteiger partial charge in [0.15, 0.2) is 11.6 Å². The van der Waals surface area contributed by atoms with Gasteiger partial charge in [-0.1, -0.05) is 18.6 Å². The normalized spacial score (nSPS) is 19.6. The van der Waals surface area contributed by atoms with Gasteiger partial charge in [0.2, 0.25) is 0 Å². The van der Waals surface area contributed by atoms with Crippen LogP contribution >= 0.6 is 0 Å². The van der Waals surface area contributed by atoms with E-state index >= 15 is 0 Å². The van der Waals surface area contributed by atoms with Crippen LogP contribution in [0.3, 0.4) is 0 Å². The van der Waals surface area contributed by atoms with Crippen molar-refractivity contribution in [2.75, 3.05) is 0 Å². The maximum atomic E-state index is 13.4. The number of hydrogen-bond donors (Lipinski definition) is 1. The van der Waals surface area contributed by atoms with Gasteiger partial charge < -0.3 is 5.11 Å². The molecule has 0 bridgehead atoms. The minimum absolute atomic E-state index is 0.124. The fourth-order valence-corrected chi connectivity index (χ4v) is 2.03. The Morgan fingerprint density at radius 3 is 2.56 bits per heavy atom. The van der Waals surface area contributed by atoms with Gasteiger partial charge in [-0.2, -0.15) is 5.26 Å². The highest BCUT2D eigenvalue weighted by Crippen LogP contribution is 2.50. The Hall–Kier alpha value is -1.47. The summed E-state index contributed by atoms with van der Waals surface area (Å²) in [7, 11) is 0. The van der Waals surface area contributed by atoms with Crippen LogP contribution in [0.1, 0.15) is 30.9 Å². The molecule has 4 heteroatoms. The summed E-state index contributed by atoms with van der Waals surface area (Å²) in [6, 6.07) is 5.67. The van der Waals surface area contributed by atoms with E-state index in [9.17, 15) is 13.9 Å². The average Bonchev–Trinajstić information content (AvgIpc) is 2.21. The largest absolute Gasteiger partial charge is 0.387 e. The van der Waals surface area contributed by atoms with Gasteiger partial charge in [-0.3, -0.25) is 0 Å². The second kappa shape index (κ2) is 3.84. The fourth-order valence-electron chi connectivity index (χ4n) is 2.03. The molecule has 0 saturated heterocycles. The predicted octanol–water partition coefficient (Wildman–Crippen LogP) is 2.69. The first-order valence-electron chi connectivity index (χ1n) is 5.14. The second-order valence-electron chi connectivity index (χ2n) is 4.17. The molecule has 1 saturated carbocycles. The molecule has 1 atom stereocenters. The van der Waals surface area contributed by atoms with E-state index in [1.807, 2.05) is 6.07 Å². The van der Waals surface area contributed by atoms with Crippen molar-refractivity contribution in [2.45, 2.75) is 25.4 Å². The van der Waals surface area contributed by atoms with Crippen molar-refractivity contribution in [1.82, 2.24) is 0 Å². The molecule has 0 heterocycles. The molecular weight excluding hydrogens is 212 g/mol. The summed E-state index contributed by atoms with van der Waals surface area (Å²) in [6.45, 7) is 0. The Morgan fingerprint density at radius 1 is 1.38 bits per heavy atom. The molecule has 84 valence electrons. The van der Waals surface area contributed by atoms with E-state index in [2.05, 4.69) is 0 Å². The van der Waals surface area contributed by atoms with Crippen molar-refractivity contribution in [1.29, 1.82) is 5.26 Å². The van der Waals surface area contributed by atoms with Crippen molar-refractivity contribution in [3.63, 3.8) is 0 Å². The first-order chi connectivity index (χ1) is 7.60. The van der Waals surface area contributed by atoms with E-state index in [-0.39, 0.29) is 5.56 Å². The van der Waals surface area contributed by atoms with Crippen molar-refractivity contribution >= 4 is 0 Å². The summed E-state index contributed by atoms with van der Waals surface area (Å²) in [6.07, 6.45) is 0.643. The van der Waals surface area contributed by atoms with Gasteiger partial charge in [0, 0.05) is 5.56 Å². The lowest BCUT2D eigenvalue weighted by Crippen LogP contribution is -2.35. The van der Waals surface area contributed by atoms with Crippen molar-refractivity contribution in [2.24, 2.45) is 5.41 Å². The number of nitriles is 1. The maximum absolute atomic E-state index is 13.4. The highest BCUT2D eigenvalue weighted by molar-refractivity contribution is 5.26. The van der Waals surface area contributed by atoms with Crippen LogP contribution in [0.2, 0.25) is 0 Å². The molecule has 0 aliphatic heterocycles. The molecule has 0 spiro atoms. The third-order valence-electron chi connectivity index (χ3n) is 3.27. The summed E-state index contributed by atoms with van der Waals surface area (Å²) in [4.78, 5) is 0. The molecule has 16 heavy (non-hydrogen) atoms. The molecule has 0 aromatic heterocycles. The van der Waals surface area contributed by atoms with Gasteiger partial charge >= 0.3 is 0 Å². The Bertz CT molecular complexity index is 449. The van der Waals surface area contributed by atoms with Crippen molar-refractivity contribution in [3.05, 3.63) is 35.4 Å². The molecule has 2 rings (SSSR count). The number of hydrogen-bond acceptors (Lipinski definition) is 2. The summed E-state index contributed by atoms with van der Waals surface area (Å²) in [5, 5.41) is 19.0. The molecule has 1 aliphatic carbocycles. The summed E-state index contributed by atoms with van der Waals surface area (Å²) < 4.78 is 26.4.